The fourth-order valence-electron chi connectivity index (χ4n) is 2.42. The van der Waals surface area contributed by atoms with Crippen molar-refractivity contribution < 1.29 is 13.5 Å². The third-order valence-corrected chi connectivity index (χ3v) is 3.47. The fourth-order valence-corrected chi connectivity index (χ4v) is 2.42. The van der Waals surface area contributed by atoms with Gasteiger partial charge in [-0.1, -0.05) is 20.8 Å². The zero-order chi connectivity index (χ0) is 14.0. The standard InChI is InChI=1S/C15H21F2NO/c1-15(2,3)7-6-10-9-18-13-5-4-11(8-12(10)13)19-14(16)17/h4-5,8,10,14,18H,6-7,9H2,1-3H3. The Hall–Kier alpha value is -1.32. The molecular weight excluding hydrogens is 248 g/mol. The van der Waals surface area contributed by atoms with Crippen LogP contribution in [0.5, 0.6) is 5.75 Å². The topological polar surface area (TPSA) is 21.3 Å². The van der Waals surface area contributed by atoms with E-state index in [0.717, 1.165) is 30.6 Å². The summed E-state index contributed by atoms with van der Waals surface area (Å²) in [7, 11) is 0. The van der Waals surface area contributed by atoms with E-state index in [0.29, 0.717) is 11.3 Å². The first-order valence-corrected chi connectivity index (χ1v) is 6.68. The number of hydrogen-bond donors (Lipinski definition) is 1. The molecule has 19 heavy (non-hydrogen) atoms. The highest BCUT2D eigenvalue weighted by Crippen LogP contribution is 2.39. The van der Waals surface area contributed by atoms with E-state index < -0.39 is 6.61 Å². The molecule has 106 valence electrons. The summed E-state index contributed by atoms with van der Waals surface area (Å²) >= 11 is 0. The minimum Gasteiger partial charge on any atom is -0.435 e. The largest absolute Gasteiger partial charge is 0.435 e. The summed E-state index contributed by atoms with van der Waals surface area (Å²) in [6, 6.07) is 5.16. The van der Waals surface area contributed by atoms with Crippen molar-refractivity contribution in [2.24, 2.45) is 5.41 Å². The van der Waals surface area contributed by atoms with Gasteiger partial charge in [-0.05, 0) is 42.0 Å². The summed E-state index contributed by atoms with van der Waals surface area (Å²) in [6.07, 6.45) is 2.17. The molecule has 1 unspecified atom stereocenters. The lowest BCUT2D eigenvalue weighted by Gasteiger charge is -2.20. The summed E-state index contributed by atoms with van der Waals surface area (Å²) in [5.41, 5.74) is 2.43. The molecule has 1 aliphatic heterocycles. The van der Waals surface area contributed by atoms with Crippen molar-refractivity contribution >= 4 is 5.69 Å². The Kier molecular flexibility index (Phi) is 3.97. The SMILES string of the molecule is CC(C)(C)CCC1CNc2ccc(OC(F)F)cc21. The summed E-state index contributed by atoms with van der Waals surface area (Å²) in [5.74, 6) is 0.633. The van der Waals surface area contributed by atoms with E-state index >= 15 is 0 Å². The second-order valence-electron chi connectivity index (χ2n) is 6.30. The molecule has 0 radical (unpaired) electrons. The van der Waals surface area contributed by atoms with E-state index in [1.54, 1.807) is 12.1 Å². The van der Waals surface area contributed by atoms with Gasteiger partial charge in [0, 0.05) is 18.2 Å². The van der Waals surface area contributed by atoms with Gasteiger partial charge < -0.3 is 10.1 Å². The van der Waals surface area contributed by atoms with Crippen LogP contribution >= 0.6 is 0 Å². The van der Waals surface area contributed by atoms with Crippen LogP contribution in [0.2, 0.25) is 0 Å². The van der Waals surface area contributed by atoms with Gasteiger partial charge in [0.2, 0.25) is 0 Å². The zero-order valence-corrected chi connectivity index (χ0v) is 11.7. The monoisotopic (exact) mass is 269 g/mol. The van der Waals surface area contributed by atoms with Gasteiger partial charge in [-0.15, -0.1) is 0 Å². The van der Waals surface area contributed by atoms with E-state index in [-0.39, 0.29) is 5.75 Å². The van der Waals surface area contributed by atoms with Crippen LogP contribution in [0.15, 0.2) is 18.2 Å². The molecule has 0 aliphatic carbocycles. The van der Waals surface area contributed by atoms with E-state index in [2.05, 4.69) is 30.8 Å². The van der Waals surface area contributed by atoms with Crippen molar-refractivity contribution in [3.05, 3.63) is 23.8 Å². The van der Waals surface area contributed by atoms with Gasteiger partial charge in [0.15, 0.2) is 0 Å². The van der Waals surface area contributed by atoms with E-state index in [4.69, 9.17) is 0 Å². The maximum atomic E-state index is 12.2. The number of fused-ring (bicyclic) bond motifs is 1. The molecule has 2 nitrogen and oxygen atoms in total. The van der Waals surface area contributed by atoms with Crippen molar-refractivity contribution in [3.63, 3.8) is 0 Å². The summed E-state index contributed by atoms with van der Waals surface area (Å²) in [4.78, 5) is 0. The van der Waals surface area contributed by atoms with Gasteiger partial charge in [0.05, 0.1) is 0 Å². The average Bonchev–Trinajstić information content (AvgIpc) is 2.67. The molecule has 1 aromatic rings. The molecule has 4 heteroatoms. The third kappa shape index (κ3) is 3.82. The van der Waals surface area contributed by atoms with Gasteiger partial charge in [0.25, 0.3) is 0 Å². The van der Waals surface area contributed by atoms with Crippen LogP contribution in [0, 0.1) is 5.41 Å². The number of hydrogen-bond acceptors (Lipinski definition) is 2. The summed E-state index contributed by atoms with van der Waals surface area (Å²) in [6.45, 7) is 4.76. The first-order chi connectivity index (χ1) is 8.85. The Morgan fingerprint density at radius 1 is 1.37 bits per heavy atom. The normalized spacial score (nSPS) is 18.3. The number of ether oxygens (including phenoxy) is 1. The molecular formula is C15H21F2NO. The molecule has 1 atom stereocenters. The molecule has 1 heterocycles. The molecule has 0 spiro atoms. The predicted octanol–water partition coefficient (Wildman–Crippen LogP) is 4.62. The number of alkyl halides is 2. The van der Waals surface area contributed by atoms with Crippen LogP contribution in [-0.2, 0) is 0 Å². The van der Waals surface area contributed by atoms with Crippen molar-refractivity contribution in [3.8, 4) is 5.75 Å². The van der Waals surface area contributed by atoms with Gasteiger partial charge in [-0.3, -0.25) is 0 Å². The summed E-state index contributed by atoms with van der Waals surface area (Å²) < 4.78 is 28.9. The molecule has 0 aromatic heterocycles. The van der Waals surface area contributed by atoms with Gasteiger partial charge in [0.1, 0.15) is 5.75 Å². The van der Waals surface area contributed by atoms with Crippen molar-refractivity contribution in [2.75, 3.05) is 11.9 Å². The quantitative estimate of drug-likeness (QED) is 0.861. The summed E-state index contributed by atoms with van der Waals surface area (Å²) in [5, 5.41) is 3.32. The molecule has 1 N–H and O–H groups in total. The van der Waals surface area contributed by atoms with Crippen LogP contribution in [0.3, 0.4) is 0 Å². The lowest BCUT2D eigenvalue weighted by molar-refractivity contribution is -0.0498. The van der Waals surface area contributed by atoms with Crippen LogP contribution in [0.4, 0.5) is 14.5 Å². The Morgan fingerprint density at radius 2 is 2.11 bits per heavy atom. The van der Waals surface area contributed by atoms with Crippen LogP contribution in [0.25, 0.3) is 0 Å². The Morgan fingerprint density at radius 3 is 2.74 bits per heavy atom. The number of nitrogens with one attached hydrogen (secondary N) is 1. The number of anilines is 1. The minimum atomic E-state index is -2.76. The smallest absolute Gasteiger partial charge is 0.387 e. The number of halogens is 2. The van der Waals surface area contributed by atoms with Crippen LogP contribution in [0.1, 0.15) is 45.1 Å². The van der Waals surface area contributed by atoms with Gasteiger partial charge >= 0.3 is 6.61 Å². The lowest BCUT2D eigenvalue weighted by atomic mass is 9.85. The van der Waals surface area contributed by atoms with Crippen LogP contribution < -0.4 is 10.1 Å². The van der Waals surface area contributed by atoms with Crippen molar-refractivity contribution in [1.29, 1.82) is 0 Å². The first kappa shape index (κ1) is 14.1. The lowest BCUT2D eigenvalue weighted by Crippen LogP contribution is -2.09. The molecule has 0 bridgehead atoms. The molecule has 0 fully saturated rings. The molecule has 0 saturated carbocycles. The maximum absolute atomic E-state index is 12.2. The highest BCUT2D eigenvalue weighted by atomic mass is 19.3. The van der Waals surface area contributed by atoms with Crippen molar-refractivity contribution in [2.45, 2.75) is 46.1 Å². The predicted molar refractivity (Wildman–Crippen MR) is 73.0 cm³/mol. The highest BCUT2D eigenvalue weighted by Gasteiger charge is 2.24. The Bertz CT molecular complexity index is 440. The van der Waals surface area contributed by atoms with Crippen LogP contribution in [-0.4, -0.2) is 13.2 Å². The van der Waals surface area contributed by atoms with E-state index in [1.807, 2.05) is 6.07 Å². The zero-order valence-electron chi connectivity index (χ0n) is 11.7. The van der Waals surface area contributed by atoms with E-state index in [1.165, 1.54) is 0 Å². The Balaban J connectivity index is 2.09. The second-order valence-corrected chi connectivity index (χ2v) is 6.30. The molecule has 1 aliphatic rings. The first-order valence-electron chi connectivity index (χ1n) is 6.68. The van der Waals surface area contributed by atoms with Gasteiger partial charge in [-0.25, -0.2) is 0 Å². The number of benzene rings is 1. The van der Waals surface area contributed by atoms with Crippen molar-refractivity contribution in [1.82, 2.24) is 0 Å². The van der Waals surface area contributed by atoms with E-state index in [9.17, 15) is 8.78 Å². The maximum Gasteiger partial charge on any atom is 0.387 e. The number of rotatable bonds is 4. The third-order valence-electron chi connectivity index (χ3n) is 3.47. The highest BCUT2D eigenvalue weighted by molar-refractivity contribution is 5.60. The average molecular weight is 269 g/mol. The second kappa shape index (κ2) is 5.35. The molecule has 0 amide bonds. The molecule has 1 aromatic carbocycles. The minimum absolute atomic E-state index is 0.248. The van der Waals surface area contributed by atoms with Gasteiger partial charge in [-0.2, -0.15) is 8.78 Å². The molecule has 0 saturated heterocycles. The Labute approximate surface area is 113 Å². The fraction of sp³-hybridized carbons (Fsp3) is 0.600. The molecule has 2 rings (SSSR count).